The zero-order valence-corrected chi connectivity index (χ0v) is 10.7. The number of amides is 1. The third-order valence-corrected chi connectivity index (χ3v) is 4.08. The summed E-state index contributed by atoms with van der Waals surface area (Å²) in [5.41, 5.74) is 0. The van der Waals surface area contributed by atoms with E-state index in [4.69, 9.17) is 5.11 Å². The van der Waals surface area contributed by atoms with Gasteiger partial charge in [0.15, 0.2) is 0 Å². The van der Waals surface area contributed by atoms with Gasteiger partial charge in [0.2, 0.25) is 5.91 Å². The fourth-order valence-electron chi connectivity index (χ4n) is 2.95. The van der Waals surface area contributed by atoms with Crippen LogP contribution in [-0.4, -0.2) is 36.1 Å². The summed E-state index contributed by atoms with van der Waals surface area (Å²) in [4.78, 5) is 23.0. The van der Waals surface area contributed by atoms with Crippen molar-refractivity contribution in [2.75, 3.05) is 13.1 Å². The molecule has 5 nitrogen and oxygen atoms in total. The number of carboxylic acid groups (broad SMARTS) is 1. The summed E-state index contributed by atoms with van der Waals surface area (Å²) in [6.07, 6.45) is 4.93. The lowest BCUT2D eigenvalue weighted by atomic mass is 9.85. The number of carboxylic acids is 1. The molecule has 2 aliphatic rings. The van der Waals surface area contributed by atoms with Crippen molar-refractivity contribution in [2.24, 2.45) is 11.8 Å². The largest absolute Gasteiger partial charge is 0.481 e. The van der Waals surface area contributed by atoms with E-state index in [1.807, 2.05) is 0 Å². The SMILES string of the molecule is O=C(O)C1CCCC(NC(=O)C2CCNCC2)C1. The van der Waals surface area contributed by atoms with Crippen molar-refractivity contribution in [3.63, 3.8) is 0 Å². The third-order valence-electron chi connectivity index (χ3n) is 4.08. The summed E-state index contributed by atoms with van der Waals surface area (Å²) in [5, 5.41) is 15.3. The van der Waals surface area contributed by atoms with Crippen LogP contribution in [0.15, 0.2) is 0 Å². The lowest BCUT2D eigenvalue weighted by Crippen LogP contribution is -2.45. The molecule has 2 fully saturated rings. The summed E-state index contributed by atoms with van der Waals surface area (Å²) in [7, 11) is 0. The van der Waals surface area contributed by atoms with Crippen LogP contribution in [0.1, 0.15) is 38.5 Å². The van der Waals surface area contributed by atoms with Gasteiger partial charge in [-0.05, 0) is 45.2 Å². The number of rotatable bonds is 3. The molecule has 1 heterocycles. The highest BCUT2D eigenvalue weighted by Gasteiger charge is 2.29. The third kappa shape index (κ3) is 3.45. The zero-order valence-electron chi connectivity index (χ0n) is 10.7. The van der Waals surface area contributed by atoms with Gasteiger partial charge in [0.25, 0.3) is 0 Å². The zero-order chi connectivity index (χ0) is 13.0. The Morgan fingerprint density at radius 1 is 1.06 bits per heavy atom. The van der Waals surface area contributed by atoms with E-state index in [0.717, 1.165) is 45.2 Å². The molecule has 1 amide bonds. The molecule has 2 unspecified atom stereocenters. The first kappa shape index (κ1) is 13.3. The van der Waals surface area contributed by atoms with Crippen LogP contribution in [0, 0.1) is 11.8 Å². The van der Waals surface area contributed by atoms with Gasteiger partial charge in [0.05, 0.1) is 5.92 Å². The van der Waals surface area contributed by atoms with Gasteiger partial charge in [0, 0.05) is 12.0 Å². The van der Waals surface area contributed by atoms with Crippen LogP contribution >= 0.6 is 0 Å². The smallest absolute Gasteiger partial charge is 0.306 e. The van der Waals surface area contributed by atoms with E-state index in [1.54, 1.807) is 0 Å². The molecule has 0 aromatic rings. The number of carbonyl (C=O) groups is 2. The van der Waals surface area contributed by atoms with Crippen LogP contribution in [0.5, 0.6) is 0 Å². The van der Waals surface area contributed by atoms with E-state index in [-0.39, 0.29) is 23.8 Å². The predicted molar refractivity (Wildman–Crippen MR) is 67.1 cm³/mol. The Bertz CT molecular complexity index is 313. The summed E-state index contributed by atoms with van der Waals surface area (Å²) in [6, 6.07) is 0.0576. The summed E-state index contributed by atoms with van der Waals surface area (Å²) >= 11 is 0. The minimum absolute atomic E-state index is 0.0576. The second kappa shape index (κ2) is 6.18. The molecule has 102 valence electrons. The van der Waals surface area contributed by atoms with E-state index in [1.165, 1.54) is 0 Å². The molecule has 0 bridgehead atoms. The van der Waals surface area contributed by atoms with E-state index in [2.05, 4.69) is 10.6 Å². The van der Waals surface area contributed by atoms with Crippen molar-refractivity contribution in [1.29, 1.82) is 0 Å². The van der Waals surface area contributed by atoms with E-state index < -0.39 is 5.97 Å². The van der Waals surface area contributed by atoms with Crippen LogP contribution in [0.3, 0.4) is 0 Å². The lowest BCUT2D eigenvalue weighted by Gasteiger charge is -2.30. The highest BCUT2D eigenvalue weighted by Crippen LogP contribution is 2.25. The quantitative estimate of drug-likeness (QED) is 0.694. The van der Waals surface area contributed by atoms with Gasteiger partial charge in [-0.3, -0.25) is 9.59 Å². The molecule has 1 aliphatic heterocycles. The standard InChI is InChI=1S/C13H22N2O3/c16-12(9-4-6-14-7-5-9)15-11-3-1-2-10(8-11)13(17)18/h9-11,14H,1-8H2,(H,15,16)(H,17,18). The van der Waals surface area contributed by atoms with Crippen LogP contribution in [0.2, 0.25) is 0 Å². The van der Waals surface area contributed by atoms with E-state index in [0.29, 0.717) is 6.42 Å². The maximum Gasteiger partial charge on any atom is 0.306 e. The van der Waals surface area contributed by atoms with Crippen molar-refractivity contribution in [1.82, 2.24) is 10.6 Å². The molecule has 1 saturated heterocycles. The molecule has 2 atom stereocenters. The predicted octanol–water partition coefficient (Wildman–Crippen LogP) is 0.746. The molecule has 1 aliphatic carbocycles. The van der Waals surface area contributed by atoms with Crippen LogP contribution in [0.25, 0.3) is 0 Å². The van der Waals surface area contributed by atoms with E-state index in [9.17, 15) is 9.59 Å². The molecule has 1 saturated carbocycles. The fraction of sp³-hybridized carbons (Fsp3) is 0.846. The number of hydrogen-bond acceptors (Lipinski definition) is 3. The number of aliphatic carboxylic acids is 1. The van der Waals surface area contributed by atoms with Gasteiger partial charge >= 0.3 is 5.97 Å². The molecule has 2 rings (SSSR count). The lowest BCUT2D eigenvalue weighted by molar-refractivity contribution is -0.143. The second-order valence-electron chi connectivity index (χ2n) is 5.43. The first-order chi connectivity index (χ1) is 8.66. The molecule has 0 aromatic heterocycles. The minimum atomic E-state index is -0.726. The Morgan fingerprint density at radius 2 is 1.78 bits per heavy atom. The highest BCUT2D eigenvalue weighted by atomic mass is 16.4. The number of piperidine rings is 1. The molecule has 0 aromatic carbocycles. The Labute approximate surface area is 107 Å². The van der Waals surface area contributed by atoms with Gasteiger partial charge in [-0.2, -0.15) is 0 Å². The molecular formula is C13H22N2O3. The Morgan fingerprint density at radius 3 is 2.44 bits per heavy atom. The van der Waals surface area contributed by atoms with Crippen molar-refractivity contribution >= 4 is 11.9 Å². The number of hydrogen-bond donors (Lipinski definition) is 3. The van der Waals surface area contributed by atoms with Gasteiger partial charge in [-0.25, -0.2) is 0 Å². The first-order valence-corrected chi connectivity index (χ1v) is 6.90. The Kier molecular flexibility index (Phi) is 4.58. The highest BCUT2D eigenvalue weighted by molar-refractivity contribution is 5.79. The Balaban J connectivity index is 1.81. The van der Waals surface area contributed by atoms with Crippen molar-refractivity contribution in [2.45, 2.75) is 44.6 Å². The first-order valence-electron chi connectivity index (χ1n) is 6.90. The summed E-state index contributed by atoms with van der Waals surface area (Å²) < 4.78 is 0. The summed E-state index contributed by atoms with van der Waals surface area (Å²) in [6.45, 7) is 1.81. The van der Waals surface area contributed by atoms with Crippen LogP contribution < -0.4 is 10.6 Å². The molecule has 0 spiro atoms. The van der Waals surface area contributed by atoms with Crippen molar-refractivity contribution < 1.29 is 14.7 Å². The number of nitrogens with one attached hydrogen (secondary N) is 2. The molecular weight excluding hydrogens is 232 g/mol. The summed E-state index contributed by atoms with van der Waals surface area (Å²) in [5.74, 6) is -0.781. The van der Waals surface area contributed by atoms with Gasteiger partial charge < -0.3 is 15.7 Å². The molecule has 0 radical (unpaired) electrons. The fourth-order valence-corrected chi connectivity index (χ4v) is 2.95. The average Bonchev–Trinajstić information content (AvgIpc) is 2.40. The normalized spacial score (nSPS) is 29.8. The minimum Gasteiger partial charge on any atom is -0.481 e. The Hall–Kier alpha value is -1.10. The van der Waals surface area contributed by atoms with Gasteiger partial charge in [-0.1, -0.05) is 6.42 Å². The van der Waals surface area contributed by atoms with Gasteiger partial charge in [0.1, 0.15) is 0 Å². The monoisotopic (exact) mass is 254 g/mol. The van der Waals surface area contributed by atoms with Gasteiger partial charge in [-0.15, -0.1) is 0 Å². The topological polar surface area (TPSA) is 78.4 Å². The second-order valence-corrected chi connectivity index (χ2v) is 5.43. The van der Waals surface area contributed by atoms with Crippen LogP contribution in [0.4, 0.5) is 0 Å². The molecule has 5 heteroatoms. The van der Waals surface area contributed by atoms with Crippen molar-refractivity contribution in [3.05, 3.63) is 0 Å². The molecule has 18 heavy (non-hydrogen) atoms. The van der Waals surface area contributed by atoms with E-state index >= 15 is 0 Å². The maximum atomic E-state index is 12.1. The molecule has 3 N–H and O–H groups in total. The maximum absolute atomic E-state index is 12.1. The van der Waals surface area contributed by atoms with Crippen LogP contribution in [-0.2, 0) is 9.59 Å². The van der Waals surface area contributed by atoms with Crippen molar-refractivity contribution in [3.8, 4) is 0 Å². The average molecular weight is 254 g/mol. The number of carbonyl (C=O) groups excluding carboxylic acids is 1.